The molecule has 4 nitrogen and oxygen atoms in total. The SMILES string of the molecule is OCc1ccc(C(O)C(O)CS)o1. The van der Waals surface area contributed by atoms with E-state index in [1.807, 2.05) is 0 Å². The van der Waals surface area contributed by atoms with Gasteiger partial charge < -0.3 is 19.7 Å². The first kappa shape index (κ1) is 10.6. The van der Waals surface area contributed by atoms with Crippen molar-refractivity contribution in [2.45, 2.75) is 18.8 Å². The second kappa shape index (κ2) is 4.66. The summed E-state index contributed by atoms with van der Waals surface area (Å²) in [6.07, 6.45) is -2.04. The fraction of sp³-hybridized carbons (Fsp3) is 0.500. The third-order valence-corrected chi connectivity index (χ3v) is 2.06. The van der Waals surface area contributed by atoms with Crippen LogP contribution in [0.4, 0.5) is 0 Å². The molecule has 0 bridgehead atoms. The third kappa shape index (κ3) is 2.47. The second-order valence-corrected chi connectivity index (χ2v) is 3.02. The van der Waals surface area contributed by atoms with E-state index >= 15 is 0 Å². The number of furan rings is 1. The van der Waals surface area contributed by atoms with Gasteiger partial charge in [0, 0.05) is 5.75 Å². The average Bonchev–Trinajstić information content (AvgIpc) is 2.63. The highest BCUT2D eigenvalue weighted by atomic mass is 32.1. The van der Waals surface area contributed by atoms with Crippen molar-refractivity contribution in [2.75, 3.05) is 5.75 Å². The summed E-state index contributed by atoms with van der Waals surface area (Å²) in [7, 11) is 0. The summed E-state index contributed by atoms with van der Waals surface area (Å²) in [4.78, 5) is 0. The molecule has 0 saturated heterocycles. The Labute approximate surface area is 81.2 Å². The molecule has 2 atom stereocenters. The van der Waals surface area contributed by atoms with Gasteiger partial charge in [0.25, 0.3) is 0 Å². The molecule has 0 fully saturated rings. The van der Waals surface area contributed by atoms with Gasteiger partial charge in [-0.3, -0.25) is 0 Å². The number of aliphatic hydroxyl groups is 3. The summed E-state index contributed by atoms with van der Waals surface area (Å²) < 4.78 is 5.02. The molecule has 0 aliphatic heterocycles. The predicted molar refractivity (Wildman–Crippen MR) is 49.5 cm³/mol. The van der Waals surface area contributed by atoms with Gasteiger partial charge >= 0.3 is 0 Å². The van der Waals surface area contributed by atoms with E-state index in [2.05, 4.69) is 12.6 Å². The van der Waals surface area contributed by atoms with Gasteiger partial charge in [0.05, 0.1) is 6.10 Å². The van der Waals surface area contributed by atoms with Crippen LogP contribution < -0.4 is 0 Å². The first-order valence-electron chi connectivity index (χ1n) is 3.85. The maximum Gasteiger partial charge on any atom is 0.138 e. The first-order valence-corrected chi connectivity index (χ1v) is 4.48. The van der Waals surface area contributed by atoms with Crippen molar-refractivity contribution >= 4 is 12.6 Å². The lowest BCUT2D eigenvalue weighted by atomic mass is 10.2. The Balaban J connectivity index is 2.70. The monoisotopic (exact) mass is 204 g/mol. The maximum absolute atomic E-state index is 9.42. The summed E-state index contributed by atoms with van der Waals surface area (Å²) in [5.41, 5.74) is 0. The van der Waals surface area contributed by atoms with Crippen molar-refractivity contribution in [3.8, 4) is 0 Å². The fourth-order valence-corrected chi connectivity index (χ4v) is 1.13. The molecule has 13 heavy (non-hydrogen) atoms. The average molecular weight is 204 g/mol. The third-order valence-electron chi connectivity index (χ3n) is 1.68. The van der Waals surface area contributed by atoms with E-state index < -0.39 is 12.2 Å². The second-order valence-electron chi connectivity index (χ2n) is 2.66. The molecule has 0 spiro atoms. The largest absolute Gasteiger partial charge is 0.461 e. The number of thiol groups is 1. The molecule has 0 aliphatic carbocycles. The van der Waals surface area contributed by atoms with Gasteiger partial charge in [0.2, 0.25) is 0 Å². The van der Waals surface area contributed by atoms with Crippen LogP contribution in [0.1, 0.15) is 17.6 Å². The molecule has 1 aromatic rings. The van der Waals surface area contributed by atoms with E-state index in [4.69, 9.17) is 9.52 Å². The highest BCUT2D eigenvalue weighted by Crippen LogP contribution is 2.20. The van der Waals surface area contributed by atoms with Crippen molar-refractivity contribution in [2.24, 2.45) is 0 Å². The van der Waals surface area contributed by atoms with Crippen molar-refractivity contribution in [3.05, 3.63) is 23.7 Å². The minimum absolute atomic E-state index is 0.149. The van der Waals surface area contributed by atoms with Gasteiger partial charge in [0.1, 0.15) is 24.2 Å². The smallest absolute Gasteiger partial charge is 0.138 e. The van der Waals surface area contributed by atoms with Crippen LogP contribution in [0.15, 0.2) is 16.5 Å². The molecule has 0 aromatic carbocycles. The van der Waals surface area contributed by atoms with E-state index in [9.17, 15) is 10.2 Å². The molecule has 0 saturated carbocycles. The van der Waals surface area contributed by atoms with E-state index in [0.717, 1.165) is 0 Å². The lowest BCUT2D eigenvalue weighted by Gasteiger charge is -2.12. The molecule has 0 amide bonds. The zero-order valence-corrected chi connectivity index (χ0v) is 7.82. The van der Waals surface area contributed by atoms with Gasteiger partial charge in [-0.15, -0.1) is 0 Å². The van der Waals surface area contributed by atoms with Crippen molar-refractivity contribution in [3.63, 3.8) is 0 Å². The van der Waals surface area contributed by atoms with Crippen LogP contribution in [-0.2, 0) is 6.61 Å². The molecule has 0 radical (unpaired) electrons. The van der Waals surface area contributed by atoms with Crippen LogP contribution in [0.3, 0.4) is 0 Å². The van der Waals surface area contributed by atoms with Gasteiger partial charge in [-0.05, 0) is 12.1 Å². The van der Waals surface area contributed by atoms with Crippen LogP contribution in [0.2, 0.25) is 0 Å². The fourth-order valence-electron chi connectivity index (χ4n) is 0.928. The maximum atomic E-state index is 9.42. The van der Waals surface area contributed by atoms with E-state index in [1.165, 1.54) is 6.07 Å². The summed E-state index contributed by atoms with van der Waals surface area (Å²) in [5, 5.41) is 27.3. The van der Waals surface area contributed by atoms with Gasteiger partial charge in [-0.2, -0.15) is 12.6 Å². The zero-order chi connectivity index (χ0) is 9.84. The predicted octanol–water partition coefficient (Wildman–Crippen LogP) is 0.0960. The summed E-state index contributed by atoms with van der Waals surface area (Å²) in [5.74, 6) is 0.752. The minimum atomic E-state index is -1.09. The normalized spacial score (nSPS) is 15.7. The molecule has 1 rings (SSSR count). The highest BCUT2D eigenvalue weighted by molar-refractivity contribution is 7.80. The Morgan fingerprint density at radius 3 is 2.54 bits per heavy atom. The molecule has 0 aliphatic rings. The Kier molecular flexibility index (Phi) is 3.80. The van der Waals surface area contributed by atoms with Crippen molar-refractivity contribution in [1.29, 1.82) is 0 Å². The molecule has 5 heteroatoms. The Morgan fingerprint density at radius 1 is 1.38 bits per heavy atom. The quantitative estimate of drug-likeness (QED) is 0.525. The number of hydrogen-bond acceptors (Lipinski definition) is 5. The van der Waals surface area contributed by atoms with E-state index in [-0.39, 0.29) is 18.1 Å². The minimum Gasteiger partial charge on any atom is -0.461 e. The van der Waals surface area contributed by atoms with E-state index in [0.29, 0.717) is 5.76 Å². The lowest BCUT2D eigenvalue weighted by Crippen LogP contribution is -2.19. The molecule has 2 unspecified atom stereocenters. The molecular weight excluding hydrogens is 192 g/mol. The van der Waals surface area contributed by atoms with Crippen LogP contribution in [-0.4, -0.2) is 27.2 Å². The molecule has 1 heterocycles. The topological polar surface area (TPSA) is 73.8 Å². The Morgan fingerprint density at radius 2 is 2.08 bits per heavy atom. The standard InChI is InChI=1S/C8H12O4S/c9-3-5-1-2-7(12-5)8(11)6(10)4-13/h1-2,6,8-11,13H,3-4H2. The van der Waals surface area contributed by atoms with Crippen molar-refractivity contribution < 1.29 is 19.7 Å². The number of rotatable bonds is 4. The van der Waals surface area contributed by atoms with E-state index in [1.54, 1.807) is 6.07 Å². The summed E-state index contributed by atoms with van der Waals surface area (Å²) in [6.45, 7) is -0.219. The van der Waals surface area contributed by atoms with Crippen LogP contribution >= 0.6 is 12.6 Å². The van der Waals surface area contributed by atoms with Gasteiger partial charge in [0.15, 0.2) is 0 Å². The lowest BCUT2D eigenvalue weighted by molar-refractivity contribution is 0.0184. The number of aliphatic hydroxyl groups excluding tert-OH is 3. The zero-order valence-electron chi connectivity index (χ0n) is 6.92. The molecular formula is C8H12O4S. The molecule has 1 aromatic heterocycles. The van der Waals surface area contributed by atoms with Crippen LogP contribution in [0.25, 0.3) is 0 Å². The van der Waals surface area contributed by atoms with Crippen LogP contribution in [0, 0.1) is 0 Å². The summed E-state index contributed by atoms with van der Waals surface area (Å²) >= 11 is 3.83. The molecule has 74 valence electrons. The van der Waals surface area contributed by atoms with Crippen LogP contribution in [0.5, 0.6) is 0 Å². The van der Waals surface area contributed by atoms with Crippen molar-refractivity contribution in [1.82, 2.24) is 0 Å². The summed E-state index contributed by atoms with van der Waals surface area (Å²) in [6, 6.07) is 3.06. The molecule has 3 N–H and O–H groups in total. The Hall–Kier alpha value is -0.490. The first-order chi connectivity index (χ1) is 6.19. The van der Waals surface area contributed by atoms with Gasteiger partial charge in [-0.25, -0.2) is 0 Å². The number of hydrogen-bond donors (Lipinski definition) is 4. The highest BCUT2D eigenvalue weighted by Gasteiger charge is 2.19. The van der Waals surface area contributed by atoms with Gasteiger partial charge in [-0.1, -0.05) is 0 Å². The Bertz CT molecular complexity index is 260.